The summed E-state index contributed by atoms with van der Waals surface area (Å²) in [7, 11) is 0. The Morgan fingerprint density at radius 3 is 2.65 bits per heavy atom. The Morgan fingerprint density at radius 2 is 1.94 bits per heavy atom. The molecule has 1 aromatic heterocycles. The van der Waals surface area contributed by atoms with E-state index in [4.69, 9.17) is 16.0 Å². The molecule has 31 heavy (non-hydrogen) atoms. The number of non-ortho nitro benzene ring substituents is 1. The van der Waals surface area contributed by atoms with Gasteiger partial charge in [-0.3, -0.25) is 14.9 Å². The summed E-state index contributed by atoms with van der Waals surface area (Å²) in [5.74, 6) is 0.780. The molecule has 1 fully saturated rings. The maximum absolute atomic E-state index is 12.3. The van der Waals surface area contributed by atoms with E-state index < -0.39 is 4.92 Å². The highest BCUT2D eigenvalue weighted by Crippen LogP contribution is 2.32. The lowest BCUT2D eigenvalue weighted by atomic mass is 10.1. The summed E-state index contributed by atoms with van der Waals surface area (Å²) < 4.78 is 5.85. The van der Waals surface area contributed by atoms with E-state index in [0.717, 1.165) is 16.7 Å². The van der Waals surface area contributed by atoms with Crippen LogP contribution in [-0.4, -0.2) is 16.0 Å². The number of carbonyl (C=O) groups is 1. The van der Waals surface area contributed by atoms with Gasteiger partial charge in [0.25, 0.3) is 11.6 Å². The monoisotopic (exact) mass is 453 g/mol. The summed E-state index contributed by atoms with van der Waals surface area (Å²) in [5, 5.41) is 14.7. The van der Waals surface area contributed by atoms with Crippen molar-refractivity contribution in [2.75, 3.05) is 0 Å². The molecule has 1 aliphatic heterocycles. The zero-order valence-corrected chi connectivity index (χ0v) is 18.1. The fraction of sp³-hybridized carbons (Fsp3) is 0.0909. The SMILES string of the molecule is Cc1ccc(N=C2NC(=O)/C(=C/c3ccc(-c4ccc([N+](=O)[O-])cc4C)o3)S2)cc1Cl. The minimum atomic E-state index is -0.436. The van der Waals surface area contributed by atoms with Crippen LogP contribution in [0, 0.1) is 24.0 Å². The number of halogens is 1. The van der Waals surface area contributed by atoms with Crippen LogP contribution < -0.4 is 5.32 Å². The molecule has 1 saturated heterocycles. The molecule has 0 spiro atoms. The molecular formula is C22H16ClN3O4S. The predicted octanol–water partition coefficient (Wildman–Crippen LogP) is 6.02. The Balaban J connectivity index is 1.55. The van der Waals surface area contributed by atoms with Gasteiger partial charge in [-0.1, -0.05) is 17.7 Å². The Hall–Kier alpha value is -3.36. The van der Waals surface area contributed by atoms with Gasteiger partial charge in [0.2, 0.25) is 0 Å². The van der Waals surface area contributed by atoms with Crippen molar-refractivity contribution >= 4 is 51.9 Å². The van der Waals surface area contributed by atoms with Crippen LogP contribution in [-0.2, 0) is 4.79 Å². The number of nitrogens with zero attached hydrogens (tertiary/aromatic N) is 2. The van der Waals surface area contributed by atoms with Gasteiger partial charge in [-0.05, 0) is 67.1 Å². The predicted molar refractivity (Wildman–Crippen MR) is 123 cm³/mol. The van der Waals surface area contributed by atoms with Crippen molar-refractivity contribution in [3.8, 4) is 11.3 Å². The Kier molecular flexibility index (Phi) is 5.67. The average Bonchev–Trinajstić information content (AvgIpc) is 3.31. The molecule has 0 aliphatic carbocycles. The first-order valence-corrected chi connectivity index (χ1v) is 10.4. The molecule has 2 aromatic carbocycles. The molecule has 7 nitrogen and oxygen atoms in total. The molecule has 2 heterocycles. The highest BCUT2D eigenvalue weighted by molar-refractivity contribution is 8.18. The molecule has 1 N–H and O–H groups in total. The molecular weight excluding hydrogens is 438 g/mol. The molecule has 3 aromatic rings. The number of aryl methyl sites for hydroxylation is 2. The standard InChI is InChI=1S/C22H16ClN3O4S/c1-12-3-4-14(10-18(12)23)24-22-25-21(27)20(31-22)11-16-6-8-19(30-16)17-7-5-15(26(28)29)9-13(17)2/h3-11H,1-2H3,(H,24,25,27)/b20-11-. The number of hydrogen-bond donors (Lipinski definition) is 1. The lowest BCUT2D eigenvalue weighted by molar-refractivity contribution is -0.384. The van der Waals surface area contributed by atoms with Crippen molar-refractivity contribution in [3.63, 3.8) is 0 Å². The molecule has 0 saturated carbocycles. The van der Waals surface area contributed by atoms with Crippen LogP contribution in [0.5, 0.6) is 0 Å². The van der Waals surface area contributed by atoms with Crippen molar-refractivity contribution in [2.45, 2.75) is 13.8 Å². The minimum Gasteiger partial charge on any atom is -0.457 e. The van der Waals surface area contributed by atoms with Crippen molar-refractivity contribution in [1.29, 1.82) is 0 Å². The van der Waals surface area contributed by atoms with Crippen LogP contribution in [0.2, 0.25) is 5.02 Å². The number of furan rings is 1. The molecule has 0 bridgehead atoms. The first kappa shape index (κ1) is 20.9. The van der Waals surface area contributed by atoms with Gasteiger partial charge in [0.1, 0.15) is 11.5 Å². The van der Waals surface area contributed by atoms with E-state index in [0.29, 0.717) is 32.3 Å². The quantitative estimate of drug-likeness (QED) is 0.296. The van der Waals surface area contributed by atoms with Crippen LogP contribution in [0.1, 0.15) is 16.9 Å². The summed E-state index contributed by atoms with van der Waals surface area (Å²) in [6.45, 7) is 3.69. The molecule has 1 amide bonds. The van der Waals surface area contributed by atoms with Crippen LogP contribution in [0.15, 0.2) is 62.8 Å². The molecule has 9 heteroatoms. The van der Waals surface area contributed by atoms with E-state index in [1.165, 1.54) is 23.9 Å². The van der Waals surface area contributed by atoms with Gasteiger partial charge < -0.3 is 9.73 Å². The Labute approximate surface area is 187 Å². The third-order valence-electron chi connectivity index (χ3n) is 4.62. The van der Waals surface area contributed by atoms with Gasteiger partial charge >= 0.3 is 0 Å². The van der Waals surface area contributed by atoms with Crippen molar-refractivity contribution in [1.82, 2.24) is 5.32 Å². The number of benzene rings is 2. The first-order valence-electron chi connectivity index (χ1n) is 9.21. The molecule has 4 rings (SSSR count). The van der Waals surface area contributed by atoms with Crippen molar-refractivity contribution < 1.29 is 14.1 Å². The number of carbonyl (C=O) groups excluding carboxylic acids is 1. The Bertz CT molecular complexity index is 1280. The maximum Gasteiger partial charge on any atom is 0.269 e. The number of amidine groups is 1. The smallest absolute Gasteiger partial charge is 0.269 e. The van der Waals surface area contributed by atoms with E-state index in [1.54, 1.807) is 37.3 Å². The van der Waals surface area contributed by atoms with E-state index in [-0.39, 0.29) is 11.6 Å². The number of aliphatic imine (C=N–C) groups is 1. The van der Waals surface area contributed by atoms with E-state index in [9.17, 15) is 14.9 Å². The second-order valence-electron chi connectivity index (χ2n) is 6.87. The molecule has 0 atom stereocenters. The number of nitro groups is 1. The zero-order valence-electron chi connectivity index (χ0n) is 16.5. The van der Waals surface area contributed by atoms with Crippen LogP contribution in [0.3, 0.4) is 0 Å². The second-order valence-corrected chi connectivity index (χ2v) is 8.31. The summed E-state index contributed by atoms with van der Waals surface area (Å²) in [6.07, 6.45) is 1.63. The molecule has 0 radical (unpaired) electrons. The van der Waals surface area contributed by atoms with Crippen molar-refractivity contribution in [3.05, 3.63) is 85.5 Å². The van der Waals surface area contributed by atoms with Gasteiger partial charge in [0, 0.05) is 28.8 Å². The lowest BCUT2D eigenvalue weighted by Crippen LogP contribution is -2.19. The van der Waals surface area contributed by atoms with Gasteiger partial charge in [-0.25, -0.2) is 4.99 Å². The van der Waals surface area contributed by atoms with Crippen molar-refractivity contribution in [2.24, 2.45) is 4.99 Å². The van der Waals surface area contributed by atoms with Crippen LogP contribution >= 0.6 is 23.4 Å². The number of rotatable bonds is 4. The largest absolute Gasteiger partial charge is 0.457 e. The molecule has 156 valence electrons. The second kappa shape index (κ2) is 8.41. The van der Waals surface area contributed by atoms with E-state index in [1.807, 2.05) is 19.1 Å². The molecule has 0 unspecified atom stereocenters. The number of nitrogens with one attached hydrogen (secondary N) is 1. The normalized spacial score (nSPS) is 16.2. The summed E-state index contributed by atoms with van der Waals surface area (Å²) >= 11 is 7.34. The van der Waals surface area contributed by atoms with Gasteiger partial charge in [0.05, 0.1) is 15.5 Å². The summed E-state index contributed by atoms with van der Waals surface area (Å²) in [6, 6.07) is 13.5. The summed E-state index contributed by atoms with van der Waals surface area (Å²) in [4.78, 5) is 27.7. The highest BCUT2D eigenvalue weighted by Gasteiger charge is 2.24. The average molecular weight is 454 g/mol. The van der Waals surface area contributed by atoms with E-state index in [2.05, 4.69) is 10.3 Å². The maximum atomic E-state index is 12.3. The fourth-order valence-corrected chi connectivity index (χ4v) is 3.99. The van der Waals surface area contributed by atoms with Gasteiger partial charge in [-0.15, -0.1) is 0 Å². The lowest BCUT2D eigenvalue weighted by Gasteiger charge is -2.02. The number of amides is 1. The Morgan fingerprint density at radius 1 is 1.13 bits per heavy atom. The number of thioether (sulfide) groups is 1. The third-order valence-corrected chi connectivity index (χ3v) is 5.94. The molecule has 1 aliphatic rings. The third kappa shape index (κ3) is 4.55. The highest BCUT2D eigenvalue weighted by atomic mass is 35.5. The van der Waals surface area contributed by atoms with Crippen LogP contribution in [0.25, 0.3) is 17.4 Å². The van der Waals surface area contributed by atoms with Crippen LogP contribution in [0.4, 0.5) is 11.4 Å². The fourth-order valence-electron chi connectivity index (χ4n) is 2.99. The van der Waals surface area contributed by atoms with E-state index >= 15 is 0 Å². The summed E-state index contributed by atoms with van der Waals surface area (Å²) in [5.41, 5.74) is 3.09. The minimum absolute atomic E-state index is 0.0239. The topological polar surface area (TPSA) is 97.7 Å². The first-order chi connectivity index (χ1) is 14.8. The van der Waals surface area contributed by atoms with Gasteiger partial charge in [0.15, 0.2) is 5.17 Å². The number of nitro benzene ring substituents is 1. The zero-order chi connectivity index (χ0) is 22.1. The number of hydrogen-bond acceptors (Lipinski definition) is 6. The van der Waals surface area contributed by atoms with Gasteiger partial charge in [-0.2, -0.15) is 0 Å².